The molecule has 0 N–H and O–H groups in total. The van der Waals surface area contributed by atoms with Gasteiger partial charge in [-0.25, -0.2) is 9.97 Å². The topological polar surface area (TPSA) is 49.6 Å². The minimum absolute atomic E-state index is 0.481. The van der Waals surface area contributed by atoms with E-state index in [0.717, 1.165) is 16.7 Å². The molecule has 0 saturated carbocycles. The number of nitriles is 1. The highest BCUT2D eigenvalue weighted by molar-refractivity contribution is 9.11. The SMILES string of the molecule is CSc1c(Br)nc(Br)nc1SC#N. The predicted octanol–water partition coefficient (Wildman–Crippen LogP) is 3.30. The zero-order valence-corrected chi connectivity index (χ0v) is 11.2. The van der Waals surface area contributed by atoms with E-state index in [2.05, 4.69) is 41.8 Å². The molecule has 68 valence electrons. The second kappa shape index (κ2) is 5.20. The molecule has 0 aliphatic rings. The van der Waals surface area contributed by atoms with Crippen LogP contribution in [0.2, 0.25) is 0 Å². The quantitative estimate of drug-likeness (QED) is 0.358. The monoisotopic (exact) mass is 339 g/mol. The number of rotatable bonds is 2. The number of hydrogen-bond donors (Lipinski definition) is 0. The minimum Gasteiger partial charge on any atom is -0.214 e. The summed E-state index contributed by atoms with van der Waals surface area (Å²) in [6, 6.07) is 0. The molecule has 0 unspecified atom stereocenters. The van der Waals surface area contributed by atoms with Gasteiger partial charge in [-0.2, -0.15) is 5.26 Å². The molecule has 1 aromatic rings. The molecule has 1 heterocycles. The van der Waals surface area contributed by atoms with E-state index in [1.807, 2.05) is 11.7 Å². The first-order chi connectivity index (χ1) is 6.19. The van der Waals surface area contributed by atoms with Crippen LogP contribution in [0.15, 0.2) is 19.3 Å². The smallest absolute Gasteiger partial charge is 0.198 e. The molecular formula is C6H3Br2N3S2. The molecule has 0 amide bonds. The lowest BCUT2D eigenvalue weighted by Crippen LogP contribution is -1.90. The summed E-state index contributed by atoms with van der Waals surface area (Å²) < 4.78 is 1.19. The Kier molecular flexibility index (Phi) is 4.52. The van der Waals surface area contributed by atoms with Crippen molar-refractivity contribution in [3.05, 3.63) is 9.34 Å². The van der Waals surface area contributed by atoms with E-state index >= 15 is 0 Å². The minimum atomic E-state index is 0.481. The van der Waals surface area contributed by atoms with Crippen molar-refractivity contribution in [3.8, 4) is 5.40 Å². The van der Waals surface area contributed by atoms with E-state index in [4.69, 9.17) is 5.26 Å². The molecule has 1 rings (SSSR count). The maximum Gasteiger partial charge on any atom is 0.198 e. The van der Waals surface area contributed by atoms with Gasteiger partial charge in [-0.05, 0) is 38.1 Å². The van der Waals surface area contributed by atoms with Gasteiger partial charge in [0.15, 0.2) is 4.73 Å². The molecule has 0 aromatic carbocycles. The number of aromatic nitrogens is 2. The first-order valence-corrected chi connectivity index (χ1v) is 6.64. The Hall–Kier alpha value is 0.230. The number of hydrogen-bond acceptors (Lipinski definition) is 5. The summed E-state index contributed by atoms with van der Waals surface area (Å²) in [5.41, 5.74) is 0. The second-order valence-corrected chi connectivity index (χ2v) is 4.87. The Labute approximate surface area is 101 Å². The van der Waals surface area contributed by atoms with Gasteiger partial charge in [0.25, 0.3) is 0 Å². The van der Waals surface area contributed by atoms with Crippen LogP contribution in [0, 0.1) is 10.7 Å². The highest BCUT2D eigenvalue weighted by Gasteiger charge is 2.11. The van der Waals surface area contributed by atoms with Crippen molar-refractivity contribution in [1.82, 2.24) is 9.97 Å². The average Bonchev–Trinajstić information content (AvgIpc) is 2.04. The van der Waals surface area contributed by atoms with Gasteiger partial charge in [0, 0.05) is 11.8 Å². The molecular weight excluding hydrogens is 338 g/mol. The van der Waals surface area contributed by atoms with Crippen molar-refractivity contribution in [1.29, 1.82) is 5.26 Å². The molecule has 1 aromatic heterocycles. The Morgan fingerprint density at radius 1 is 1.38 bits per heavy atom. The van der Waals surface area contributed by atoms with Crippen molar-refractivity contribution >= 4 is 55.4 Å². The van der Waals surface area contributed by atoms with Gasteiger partial charge >= 0.3 is 0 Å². The molecule has 0 fully saturated rings. The average molecular weight is 341 g/mol. The van der Waals surface area contributed by atoms with E-state index < -0.39 is 0 Å². The van der Waals surface area contributed by atoms with Crippen LogP contribution < -0.4 is 0 Å². The van der Waals surface area contributed by atoms with Crippen molar-refractivity contribution < 1.29 is 0 Å². The summed E-state index contributed by atoms with van der Waals surface area (Å²) in [7, 11) is 0. The largest absolute Gasteiger partial charge is 0.214 e. The van der Waals surface area contributed by atoms with E-state index in [9.17, 15) is 0 Å². The summed E-state index contributed by atoms with van der Waals surface area (Å²) in [6.45, 7) is 0. The van der Waals surface area contributed by atoms with Gasteiger partial charge in [-0.1, -0.05) is 0 Å². The fraction of sp³-hybridized carbons (Fsp3) is 0.167. The summed E-state index contributed by atoms with van der Waals surface area (Å²) >= 11 is 9.00. The van der Waals surface area contributed by atoms with E-state index in [-0.39, 0.29) is 0 Å². The van der Waals surface area contributed by atoms with Gasteiger partial charge < -0.3 is 0 Å². The lowest BCUT2D eigenvalue weighted by atomic mass is 10.7. The van der Waals surface area contributed by atoms with Crippen molar-refractivity contribution in [3.63, 3.8) is 0 Å². The fourth-order valence-electron chi connectivity index (χ4n) is 0.664. The highest BCUT2D eigenvalue weighted by Crippen LogP contribution is 2.33. The van der Waals surface area contributed by atoms with Gasteiger partial charge in [-0.3, -0.25) is 0 Å². The Balaban J connectivity index is 3.23. The van der Waals surface area contributed by atoms with Crippen LogP contribution in [-0.2, 0) is 0 Å². The number of thioether (sulfide) groups is 2. The van der Waals surface area contributed by atoms with Crippen LogP contribution in [0.5, 0.6) is 0 Å². The Morgan fingerprint density at radius 2 is 2.08 bits per heavy atom. The molecule has 7 heteroatoms. The molecule has 0 aliphatic carbocycles. The first-order valence-electron chi connectivity index (χ1n) is 3.02. The van der Waals surface area contributed by atoms with E-state index in [1.54, 1.807) is 0 Å². The van der Waals surface area contributed by atoms with Crippen LogP contribution in [0.25, 0.3) is 0 Å². The van der Waals surface area contributed by atoms with E-state index in [0.29, 0.717) is 14.4 Å². The summed E-state index contributed by atoms with van der Waals surface area (Å²) in [6.07, 6.45) is 1.92. The summed E-state index contributed by atoms with van der Waals surface area (Å²) in [5, 5.41) is 11.2. The van der Waals surface area contributed by atoms with Gasteiger partial charge in [0.1, 0.15) is 15.0 Å². The van der Waals surface area contributed by atoms with Crippen molar-refractivity contribution in [2.75, 3.05) is 6.26 Å². The van der Waals surface area contributed by atoms with Gasteiger partial charge in [0.05, 0.1) is 4.90 Å². The molecule has 0 bridgehead atoms. The maximum absolute atomic E-state index is 8.53. The zero-order chi connectivity index (χ0) is 9.84. The normalized spacial score (nSPS) is 9.69. The predicted molar refractivity (Wildman–Crippen MR) is 60.7 cm³/mol. The van der Waals surface area contributed by atoms with Crippen molar-refractivity contribution in [2.45, 2.75) is 9.92 Å². The Bertz CT molecular complexity index is 364. The molecule has 3 nitrogen and oxygen atoms in total. The zero-order valence-electron chi connectivity index (χ0n) is 6.41. The second-order valence-electron chi connectivity index (χ2n) is 1.82. The van der Waals surface area contributed by atoms with Crippen LogP contribution >= 0.6 is 55.4 Å². The third-order valence-corrected chi connectivity index (χ3v) is 3.81. The number of thiocyanates is 1. The Morgan fingerprint density at radius 3 is 2.62 bits per heavy atom. The lowest BCUT2D eigenvalue weighted by Gasteiger charge is -2.03. The van der Waals surface area contributed by atoms with Crippen LogP contribution in [0.3, 0.4) is 0 Å². The van der Waals surface area contributed by atoms with Crippen LogP contribution in [-0.4, -0.2) is 16.2 Å². The fourth-order valence-corrected chi connectivity index (χ4v) is 3.56. The molecule has 0 atom stereocenters. The van der Waals surface area contributed by atoms with Crippen LogP contribution in [0.4, 0.5) is 0 Å². The van der Waals surface area contributed by atoms with Crippen molar-refractivity contribution in [2.24, 2.45) is 0 Å². The lowest BCUT2D eigenvalue weighted by molar-refractivity contribution is 0.909. The standard InChI is InChI=1S/C6H3Br2N3S2/c1-12-3-4(7)10-6(8)11-5(3)13-2-9/h1H3. The molecule has 0 spiro atoms. The highest BCUT2D eigenvalue weighted by atomic mass is 79.9. The van der Waals surface area contributed by atoms with Crippen LogP contribution in [0.1, 0.15) is 0 Å². The summed E-state index contributed by atoms with van der Waals surface area (Å²) in [5.74, 6) is 0. The molecule has 0 saturated heterocycles. The molecule has 0 aliphatic heterocycles. The third kappa shape index (κ3) is 2.84. The molecule has 13 heavy (non-hydrogen) atoms. The summed E-state index contributed by atoms with van der Waals surface area (Å²) in [4.78, 5) is 9.04. The van der Waals surface area contributed by atoms with E-state index in [1.165, 1.54) is 11.8 Å². The van der Waals surface area contributed by atoms with Gasteiger partial charge in [-0.15, -0.1) is 11.8 Å². The molecule has 0 radical (unpaired) electrons. The third-order valence-electron chi connectivity index (χ3n) is 1.11. The number of halogens is 2. The number of nitrogens with zero attached hydrogens (tertiary/aromatic N) is 3. The first kappa shape index (κ1) is 11.3. The van der Waals surface area contributed by atoms with Gasteiger partial charge in [0.2, 0.25) is 0 Å². The maximum atomic E-state index is 8.53.